The summed E-state index contributed by atoms with van der Waals surface area (Å²) in [5.41, 5.74) is 5.74. The van der Waals surface area contributed by atoms with Crippen LogP contribution in [0.2, 0.25) is 0 Å². The molecular formula is C13H15N7S. The molecule has 0 saturated heterocycles. The number of nitrogens with one attached hydrogen (secondary N) is 1. The summed E-state index contributed by atoms with van der Waals surface area (Å²) in [5, 5.41) is 8.47. The Kier molecular flexibility index (Phi) is 3.78. The largest absolute Gasteiger partial charge is 0.369 e. The number of hydrogen-bond donors (Lipinski definition) is 2. The molecule has 0 fully saturated rings. The summed E-state index contributed by atoms with van der Waals surface area (Å²) in [6.45, 7) is 2.76. The zero-order chi connectivity index (χ0) is 14.7. The van der Waals surface area contributed by atoms with E-state index < -0.39 is 0 Å². The van der Waals surface area contributed by atoms with Crippen LogP contribution in [0.15, 0.2) is 30.7 Å². The first-order valence-corrected chi connectivity index (χ1v) is 7.32. The van der Waals surface area contributed by atoms with Crippen LogP contribution in [0.1, 0.15) is 9.88 Å². The van der Waals surface area contributed by atoms with E-state index in [1.807, 2.05) is 31.5 Å². The third kappa shape index (κ3) is 3.34. The van der Waals surface area contributed by atoms with Crippen molar-refractivity contribution in [1.82, 2.24) is 24.7 Å². The van der Waals surface area contributed by atoms with Gasteiger partial charge in [-0.1, -0.05) is 0 Å². The Morgan fingerprint density at radius 2 is 2.29 bits per heavy atom. The van der Waals surface area contributed by atoms with E-state index in [0.29, 0.717) is 11.6 Å². The van der Waals surface area contributed by atoms with Gasteiger partial charge in [-0.15, -0.1) is 11.3 Å². The van der Waals surface area contributed by atoms with Crippen molar-refractivity contribution in [2.24, 2.45) is 0 Å². The Bertz CT molecular complexity index is 720. The number of thiazole rings is 1. The molecule has 3 aromatic heterocycles. The van der Waals surface area contributed by atoms with E-state index in [-0.39, 0.29) is 5.95 Å². The molecule has 8 heteroatoms. The number of nitrogens with two attached hydrogens (primary N) is 1. The van der Waals surface area contributed by atoms with Crippen LogP contribution in [0.4, 0.5) is 11.8 Å². The Hall–Kier alpha value is -2.48. The van der Waals surface area contributed by atoms with Gasteiger partial charge in [-0.05, 0) is 13.0 Å². The summed E-state index contributed by atoms with van der Waals surface area (Å²) in [6.07, 6.45) is 6.31. The van der Waals surface area contributed by atoms with Crippen LogP contribution in [0.3, 0.4) is 0 Å². The highest BCUT2D eigenvalue weighted by molar-refractivity contribution is 7.11. The van der Waals surface area contributed by atoms with Gasteiger partial charge in [0.05, 0.1) is 5.01 Å². The van der Waals surface area contributed by atoms with Crippen molar-refractivity contribution in [2.45, 2.75) is 13.3 Å². The minimum Gasteiger partial charge on any atom is -0.369 e. The maximum absolute atomic E-state index is 5.74. The predicted molar refractivity (Wildman–Crippen MR) is 82.6 cm³/mol. The highest BCUT2D eigenvalue weighted by Crippen LogP contribution is 2.14. The Morgan fingerprint density at radius 3 is 3.00 bits per heavy atom. The van der Waals surface area contributed by atoms with Crippen molar-refractivity contribution >= 4 is 23.1 Å². The summed E-state index contributed by atoms with van der Waals surface area (Å²) in [7, 11) is 0. The maximum Gasteiger partial charge on any atom is 0.224 e. The maximum atomic E-state index is 5.74. The molecule has 0 aliphatic rings. The lowest BCUT2D eigenvalue weighted by Crippen LogP contribution is -2.10. The van der Waals surface area contributed by atoms with Gasteiger partial charge in [-0.3, -0.25) is 0 Å². The van der Waals surface area contributed by atoms with Gasteiger partial charge in [-0.2, -0.15) is 15.1 Å². The number of nitrogens with zero attached hydrogens (tertiary/aromatic N) is 5. The first-order valence-electron chi connectivity index (χ1n) is 6.50. The third-order valence-corrected chi connectivity index (χ3v) is 3.79. The number of aryl methyl sites for hydroxylation is 1. The Labute approximate surface area is 125 Å². The number of nitrogen functional groups attached to an aromatic ring is 1. The molecule has 0 aromatic carbocycles. The van der Waals surface area contributed by atoms with Crippen LogP contribution < -0.4 is 11.1 Å². The normalized spacial score (nSPS) is 10.7. The van der Waals surface area contributed by atoms with Crippen LogP contribution in [-0.2, 0) is 6.42 Å². The number of aromatic nitrogens is 5. The SMILES string of the molecule is Cc1ncc(CCNc2cc(-n3cccn3)nc(N)n2)s1. The third-order valence-electron chi connectivity index (χ3n) is 2.82. The van der Waals surface area contributed by atoms with Gasteiger partial charge < -0.3 is 11.1 Å². The lowest BCUT2D eigenvalue weighted by molar-refractivity contribution is 0.842. The van der Waals surface area contributed by atoms with Gasteiger partial charge in [0.1, 0.15) is 5.82 Å². The fourth-order valence-electron chi connectivity index (χ4n) is 1.90. The molecule has 3 rings (SSSR count). The zero-order valence-electron chi connectivity index (χ0n) is 11.5. The minimum absolute atomic E-state index is 0.221. The molecule has 108 valence electrons. The molecule has 3 heterocycles. The summed E-state index contributed by atoms with van der Waals surface area (Å²) in [4.78, 5) is 13.8. The van der Waals surface area contributed by atoms with E-state index in [1.54, 1.807) is 22.2 Å². The van der Waals surface area contributed by atoms with Gasteiger partial charge in [0.25, 0.3) is 0 Å². The smallest absolute Gasteiger partial charge is 0.224 e. The Morgan fingerprint density at radius 1 is 1.38 bits per heavy atom. The van der Waals surface area contributed by atoms with Crippen LogP contribution in [0.25, 0.3) is 5.82 Å². The van der Waals surface area contributed by atoms with Crippen molar-refractivity contribution in [2.75, 3.05) is 17.6 Å². The van der Waals surface area contributed by atoms with E-state index in [2.05, 4.69) is 25.4 Å². The molecule has 3 aromatic rings. The number of rotatable bonds is 5. The van der Waals surface area contributed by atoms with Crippen molar-refractivity contribution < 1.29 is 0 Å². The lowest BCUT2D eigenvalue weighted by atomic mass is 10.4. The molecule has 0 aliphatic heterocycles. The van der Waals surface area contributed by atoms with Gasteiger partial charge in [-0.25, -0.2) is 9.67 Å². The first-order chi connectivity index (χ1) is 10.2. The average molecular weight is 301 g/mol. The molecule has 0 aliphatic carbocycles. The van der Waals surface area contributed by atoms with Gasteiger partial charge in [0.15, 0.2) is 5.82 Å². The first kappa shape index (κ1) is 13.5. The van der Waals surface area contributed by atoms with Crippen molar-refractivity contribution in [3.63, 3.8) is 0 Å². The van der Waals surface area contributed by atoms with E-state index >= 15 is 0 Å². The second-order valence-corrected chi connectivity index (χ2v) is 5.76. The fourth-order valence-corrected chi connectivity index (χ4v) is 2.69. The predicted octanol–water partition coefficient (Wildman–Crippen LogP) is 1.66. The molecule has 3 N–H and O–H groups in total. The van der Waals surface area contributed by atoms with Crippen molar-refractivity contribution in [1.29, 1.82) is 0 Å². The average Bonchev–Trinajstić information content (AvgIpc) is 3.10. The summed E-state index contributed by atoms with van der Waals surface area (Å²) in [5.74, 6) is 1.55. The zero-order valence-corrected chi connectivity index (χ0v) is 12.3. The highest BCUT2D eigenvalue weighted by Gasteiger charge is 2.05. The van der Waals surface area contributed by atoms with Gasteiger partial charge in [0, 0.05) is 42.5 Å². The van der Waals surface area contributed by atoms with Gasteiger partial charge >= 0.3 is 0 Å². The number of hydrogen-bond acceptors (Lipinski definition) is 7. The molecule has 0 radical (unpaired) electrons. The topological polar surface area (TPSA) is 94.5 Å². The molecular weight excluding hydrogens is 286 g/mol. The summed E-state index contributed by atoms with van der Waals surface area (Å²) in [6, 6.07) is 3.65. The summed E-state index contributed by atoms with van der Waals surface area (Å²) >= 11 is 1.70. The van der Waals surface area contributed by atoms with Crippen LogP contribution >= 0.6 is 11.3 Å². The van der Waals surface area contributed by atoms with Crippen molar-refractivity contribution in [3.05, 3.63) is 40.6 Å². The molecule has 0 atom stereocenters. The van der Waals surface area contributed by atoms with Crippen LogP contribution in [0, 0.1) is 6.92 Å². The number of anilines is 2. The standard InChI is InChI=1S/C13H15N7S/c1-9-16-8-10(21-9)3-5-15-11-7-12(19-13(14)18-11)20-6-2-4-17-20/h2,4,6-8H,3,5H2,1H3,(H3,14,15,18,19). The van der Waals surface area contributed by atoms with E-state index in [0.717, 1.165) is 18.0 Å². The van der Waals surface area contributed by atoms with Crippen molar-refractivity contribution in [3.8, 4) is 5.82 Å². The van der Waals surface area contributed by atoms with E-state index in [9.17, 15) is 0 Å². The lowest BCUT2D eigenvalue weighted by Gasteiger charge is -2.07. The molecule has 21 heavy (non-hydrogen) atoms. The summed E-state index contributed by atoms with van der Waals surface area (Å²) < 4.78 is 1.65. The molecule has 7 nitrogen and oxygen atoms in total. The molecule has 0 bridgehead atoms. The minimum atomic E-state index is 0.221. The quantitative estimate of drug-likeness (QED) is 0.744. The fraction of sp³-hybridized carbons (Fsp3) is 0.231. The van der Waals surface area contributed by atoms with E-state index in [1.165, 1.54) is 4.88 Å². The molecule has 0 unspecified atom stereocenters. The molecule has 0 spiro atoms. The second kappa shape index (κ2) is 5.88. The highest BCUT2D eigenvalue weighted by atomic mass is 32.1. The Balaban J connectivity index is 1.68. The van der Waals surface area contributed by atoms with E-state index in [4.69, 9.17) is 5.73 Å². The van der Waals surface area contributed by atoms with Gasteiger partial charge in [0.2, 0.25) is 5.95 Å². The molecule has 0 saturated carbocycles. The van der Waals surface area contributed by atoms with Crippen LogP contribution in [-0.4, -0.2) is 31.3 Å². The van der Waals surface area contributed by atoms with Crippen LogP contribution in [0.5, 0.6) is 0 Å². The molecule has 0 amide bonds. The second-order valence-electron chi connectivity index (χ2n) is 4.44. The monoisotopic (exact) mass is 301 g/mol.